The van der Waals surface area contributed by atoms with Crippen molar-refractivity contribution in [3.8, 4) is 0 Å². The zero-order chi connectivity index (χ0) is 15.0. The van der Waals surface area contributed by atoms with Gasteiger partial charge in [0.2, 0.25) is 5.91 Å². The van der Waals surface area contributed by atoms with Gasteiger partial charge >= 0.3 is 8.56 Å². The van der Waals surface area contributed by atoms with Gasteiger partial charge < -0.3 is 14.2 Å². The maximum Gasteiger partial charge on any atom is 0.340 e. The lowest BCUT2D eigenvalue weighted by Gasteiger charge is -2.37. The highest BCUT2D eigenvalue weighted by atomic mass is 28.4. The second-order valence-electron chi connectivity index (χ2n) is 5.69. The smallest absolute Gasteiger partial charge is 0.340 e. The summed E-state index contributed by atoms with van der Waals surface area (Å²) in [6.45, 7) is 6.03. The van der Waals surface area contributed by atoms with Crippen LogP contribution in [0.2, 0.25) is 11.6 Å². The number of amides is 1. The van der Waals surface area contributed by atoms with E-state index in [-0.39, 0.29) is 5.91 Å². The summed E-state index contributed by atoms with van der Waals surface area (Å²) in [5.74, 6) is -0.0650. The van der Waals surface area contributed by atoms with Crippen molar-refractivity contribution >= 4 is 14.5 Å². The molecule has 1 N–H and O–H groups in total. The van der Waals surface area contributed by atoms with E-state index in [0.29, 0.717) is 17.7 Å². The van der Waals surface area contributed by atoms with Crippen molar-refractivity contribution in [1.29, 1.82) is 0 Å². The Morgan fingerprint density at radius 2 is 1.85 bits per heavy atom. The highest BCUT2D eigenvalue weighted by Crippen LogP contribution is 2.40. The Hall–Kier alpha value is -0.653. The predicted octanol–water partition coefficient (Wildman–Crippen LogP) is 3.14. The maximum absolute atomic E-state index is 11.4. The molecular weight excluding hydrogens is 270 g/mol. The van der Waals surface area contributed by atoms with Crippen LogP contribution >= 0.6 is 0 Å². The minimum Gasteiger partial charge on any atom is -0.397 e. The van der Waals surface area contributed by atoms with Gasteiger partial charge in [-0.25, -0.2) is 0 Å². The lowest BCUT2D eigenvalue weighted by atomic mass is 10.0. The molecule has 1 aliphatic carbocycles. The fourth-order valence-corrected chi connectivity index (χ4v) is 6.66. The summed E-state index contributed by atoms with van der Waals surface area (Å²) >= 11 is 0. The summed E-state index contributed by atoms with van der Waals surface area (Å²) < 4.78 is 11.7. The number of carbonyl (C=O) groups excluding carboxylic acids is 1. The Morgan fingerprint density at radius 1 is 1.25 bits per heavy atom. The molecule has 1 amide bonds. The molecule has 0 heterocycles. The van der Waals surface area contributed by atoms with Crippen LogP contribution in [0, 0.1) is 0 Å². The van der Waals surface area contributed by atoms with Gasteiger partial charge in [-0.05, 0) is 32.2 Å². The zero-order valence-corrected chi connectivity index (χ0v) is 14.2. The molecule has 4 nitrogen and oxygen atoms in total. The molecule has 1 fully saturated rings. The van der Waals surface area contributed by atoms with Crippen LogP contribution in [-0.4, -0.2) is 35.2 Å². The molecule has 0 aliphatic heterocycles. The molecule has 0 radical (unpaired) electrons. The van der Waals surface area contributed by atoms with Crippen molar-refractivity contribution in [3.63, 3.8) is 0 Å². The molecule has 0 bridgehead atoms. The summed E-state index contributed by atoms with van der Waals surface area (Å²) in [6.07, 6.45) is 7.28. The molecule has 1 aliphatic rings. The van der Waals surface area contributed by atoms with Gasteiger partial charge in [0.15, 0.2) is 0 Å². The van der Waals surface area contributed by atoms with Gasteiger partial charge in [-0.3, -0.25) is 4.79 Å². The van der Waals surface area contributed by atoms with Gasteiger partial charge in [-0.15, -0.1) is 0 Å². The summed E-state index contributed by atoms with van der Waals surface area (Å²) in [7, 11) is 1.46. The highest BCUT2D eigenvalue weighted by Gasteiger charge is 2.43. The quantitative estimate of drug-likeness (QED) is 0.425. The number of nitrogens with one attached hydrogen (secondary N) is 1. The molecule has 116 valence electrons. The molecule has 20 heavy (non-hydrogen) atoms. The average Bonchev–Trinajstić information content (AvgIpc) is 2.48. The average molecular weight is 299 g/mol. The highest BCUT2D eigenvalue weighted by molar-refractivity contribution is 6.69. The van der Waals surface area contributed by atoms with E-state index < -0.39 is 8.56 Å². The second-order valence-corrected chi connectivity index (χ2v) is 9.45. The fourth-order valence-electron chi connectivity index (χ4n) is 3.05. The number of hydrogen-bond donors (Lipinski definition) is 1. The van der Waals surface area contributed by atoms with E-state index in [1.807, 2.05) is 0 Å². The van der Waals surface area contributed by atoms with Crippen LogP contribution in [0.1, 0.15) is 45.4 Å². The minimum absolute atomic E-state index is 0.0650. The largest absolute Gasteiger partial charge is 0.397 e. The van der Waals surface area contributed by atoms with Gasteiger partial charge in [0.05, 0.1) is 0 Å². The first-order valence-corrected chi connectivity index (χ1v) is 9.70. The van der Waals surface area contributed by atoms with Crippen LogP contribution in [-0.2, 0) is 13.6 Å². The van der Waals surface area contributed by atoms with Crippen molar-refractivity contribution in [1.82, 2.24) is 5.32 Å². The molecule has 0 aromatic heterocycles. The molecule has 0 aromatic rings. The monoisotopic (exact) mass is 299 g/mol. The van der Waals surface area contributed by atoms with Crippen LogP contribution in [0.3, 0.4) is 0 Å². The maximum atomic E-state index is 11.4. The van der Waals surface area contributed by atoms with Crippen LogP contribution in [0.5, 0.6) is 0 Å². The Labute approximate surface area is 124 Å². The first-order chi connectivity index (χ1) is 9.55. The SMILES string of the molecule is C=C(C)C(=O)NCCC[Si](OC)(OC)C1CCCCC1. The Kier molecular flexibility index (Phi) is 7.48. The summed E-state index contributed by atoms with van der Waals surface area (Å²) in [4.78, 5) is 11.4. The van der Waals surface area contributed by atoms with E-state index in [9.17, 15) is 4.79 Å². The third kappa shape index (κ3) is 4.72. The van der Waals surface area contributed by atoms with Gasteiger partial charge in [0.1, 0.15) is 0 Å². The second kappa shape index (κ2) is 8.59. The number of rotatable bonds is 8. The summed E-state index contributed by atoms with van der Waals surface area (Å²) in [6, 6.07) is 0.946. The van der Waals surface area contributed by atoms with E-state index >= 15 is 0 Å². The minimum atomic E-state index is -2.12. The standard InChI is InChI=1S/C15H29NO3Si/c1-13(2)15(17)16-11-8-12-20(18-3,19-4)14-9-6-5-7-10-14/h14H,1,5-12H2,2-4H3,(H,16,17). The Bertz CT molecular complexity index is 323. The van der Waals surface area contributed by atoms with Crippen molar-refractivity contribution in [2.45, 2.75) is 57.0 Å². The molecule has 0 saturated heterocycles. The Morgan fingerprint density at radius 3 is 2.35 bits per heavy atom. The van der Waals surface area contributed by atoms with E-state index in [0.717, 1.165) is 12.5 Å². The first kappa shape index (κ1) is 17.4. The van der Waals surface area contributed by atoms with Crippen molar-refractivity contribution in [2.24, 2.45) is 0 Å². The summed E-state index contributed by atoms with van der Waals surface area (Å²) in [5, 5.41) is 2.88. The normalized spacial score (nSPS) is 16.9. The molecule has 0 atom stereocenters. The first-order valence-electron chi connectivity index (χ1n) is 7.59. The number of carbonyl (C=O) groups is 1. The zero-order valence-electron chi connectivity index (χ0n) is 13.2. The molecule has 5 heteroatoms. The van der Waals surface area contributed by atoms with Crippen LogP contribution < -0.4 is 5.32 Å². The molecule has 1 saturated carbocycles. The lowest BCUT2D eigenvalue weighted by molar-refractivity contribution is -0.117. The van der Waals surface area contributed by atoms with Crippen molar-refractivity contribution < 1.29 is 13.6 Å². The lowest BCUT2D eigenvalue weighted by Crippen LogP contribution is -2.46. The van der Waals surface area contributed by atoms with Crippen molar-refractivity contribution in [2.75, 3.05) is 20.8 Å². The number of hydrogen-bond acceptors (Lipinski definition) is 3. The molecule has 0 unspecified atom stereocenters. The third-order valence-corrected chi connectivity index (χ3v) is 8.55. The van der Waals surface area contributed by atoms with Gasteiger partial charge in [-0.1, -0.05) is 25.8 Å². The van der Waals surface area contributed by atoms with E-state index in [4.69, 9.17) is 8.85 Å². The van der Waals surface area contributed by atoms with Crippen LogP contribution in [0.4, 0.5) is 0 Å². The van der Waals surface area contributed by atoms with Crippen LogP contribution in [0.15, 0.2) is 12.2 Å². The molecule has 1 rings (SSSR count). The third-order valence-electron chi connectivity index (χ3n) is 4.29. The van der Waals surface area contributed by atoms with Crippen molar-refractivity contribution in [3.05, 3.63) is 12.2 Å². The van der Waals surface area contributed by atoms with Gasteiger partial charge in [0.25, 0.3) is 0 Å². The predicted molar refractivity (Wildman–Crippen MR) is 83.9 cm³/mol. The summed E-state index contributed by atoms with van der Waals surface area (Å²) in [5.41, 5.74) is 1.15. The Balaban J connectivity index is 2.45. The fraction of sp³-hybridized carbons (Fsp3) is 0.800. The van der Waals surface area contributed by atoms with E-state index in [1.54, 1.807) is 21.1 Å². The van der Waals surface area contributed by atoms with E-state index in [2.05, 4.69) is 11.9 Å². The molecule has 0 spiro atoms. The van der Waals surface area contributed by atoms with E-state index in [1.165, 1.54) is 32.1 Å². The van der Waals surface area contributed by atoms with Crippen LogP contribution in [0.25, 0.3) is 0 Å². The van der Waals surface area contributed by atoms with Gasteiger partial charge in [0, 0.05) is 31.9 Å². The topological polar surface area (TPSA) is 47.6 Å². The molecule has 0 aromatic carbocycles. The molecular formula is C15H29NO3Si. The van der Waals surface area contributed by atoms with Gasteiger partial charge in [-0.2, -0.15) is 0 Å².